The first-order chi connectivity index (χ1) is 14.9. The van der Waals surface area contributed by atoms with Crippen molar-refractivity contribution in [2.45, 2.75) is 92.5 Å². The number of ketones is 1. The summed E-state index contributed by atoms with van der Waals surface area (Å²) in [5, 5.41) is 10.9. The third-order valence-corrected chi connectivity index (χ3v) is 11.2. The summed E-state index contributed by atoms with van der Waals surface area (Å²) in [7, 11) is 0. The van der Waals surface area contributed by atoms with E-state index in [1.165, 1.54) is 12.5 Å². The maximum absolute atomic E-state index is 12.9. The summed E-state index contributed by atoms with van der Waals surface area (Å²) in [4.78, 5) is 25.2. The molecule has 5 aliphatic rings. The van der Waals surface area contributed by atoms with Crippen LogP contribution in [0.15, 0.2) is 11.6 Å². The number of hydrogen-bond donors (Lipinski definition) is 1. The average Bonchev–Trinajstić information content (AvgIpc) is 3.08. The number of carbonyl (C=O) groups is 2. The van der Waals surface area contributed by atoms with Gasteiger partial charge in [-0.05, 0) is 66.3 Å². The number of aliphatic hydroxyl groups excluding tert-OH is 1. The van der Waals surface area contributed by atoms with Crippen LogP contribution in [0.4, 0.5) is 0 Å². The first kappa shape index (κ1) is 22.6. The van der Waals surface area contributed by atoms with E-state index in [1.807, 2.05) is 0 Å². The van der Waals surface area contributed by atoms with E-state index < -0.39 is 6.29 Å². The van der Waals surface area contributed by atoms with E-state index in [0.717, 1.165) is 32.1 Å². The number of hydrogen-bond acceptors (Lipinski definition) is 5. The van der Waals surface area contributed by atoms with Gasteiger partial charge in [-0.2, -0.15) is 0 Å². The standard InChI is InChI=1S/C27H40O5/c1-15(28)32-21-13-19-25(4)12-10-20(29)24(2,3)17(25)9-11-26(19,5)18-8-7-16-14-31-23(30)22(16)27(18,21)6/h7,17-19,21-23,30H,8-14H2,1-6H3/t17?,18?,19?,21-,22?,23?,25-,26-,27+/m0/s1. The van der Waals surface area contributed by atoms with Crippen LogP contribution in [0.2, 0.25) is 0 Å². The molecule has 5 rings (SSSR count). The molecule has 0 aromatic heterocycles. The van der Waals surface area contributed by atoms with Crippen LogP contribution in [0.25, 0.3) is 0 Å². The molecule has 0 aromatic rings. The Balaban J connectivity index is 1.63. The van der Waals surface area contributed by atoms with E-state index in [2.05, 4.69) is 40.7 Å². The monoisotopic (exact) mass is 444 g/mol. The van der Waals surface area contributed by atoms with Gasteiger partial charge < -0.3 is 14.6 Å². The van der Waals surface area contributed by atoms with Gasteiger partial charge in [-0.1, -0.05) is 40.7 Å². The molecule has 0 aromatic carbocycles. The molecule has 0 radical (unpaired) electrons. The van der Waals surface area contributed by atoms with Crippen LogP contribution >= 0.6 is 0 Å². The highest BCUT2D eigenvalue weighted by Crippen LogP contribution is 2.73. The van der Waals surface area contributed by atoms with E-state index in [9.17, 15) is 14.7 Å². The first-order valence-electron chi connectivity index (χ1n) is 12.6. The molecule has 32 heavy (non-hydrogen) atoms. The molecular weight excluding hydrogens is 404 g/mol. The number of allylic oxidation sites excluding steroid dienone is 1. The highest BCUT2D eigenvalue weighted by molar-refractivity contribution is 5.85. The molecule has 0 spiro atoms. The molecule has 0 bridgehead atoms. The van der Waals surface area contributed by atoms with Gasteiger partial charge >= 0.3 is 5.97 Å². The molecule has 5 nitrogen and oxygen atoms in total. The Bertz CT molecular complexity index is 875. The summed E-state index contributed by atoms with van der Waals surface area (Å²) < 4.78 is 11.8. The largest absolute Gasteiger partial charge is 0.462 e. The van der Waals surface area contributed by atoms with Crippen molar-refractivity contribution in [1.29, 1.82) is 0 Å². The van der Waals surface area contributed by atoms with Crippen LogP contribution in [0, 0.1) is 45.3 Å². The van der Waals surface area contributed by atoms with Gasteiger partial charge in [-0.25, -0.2) is 0 Å². The first-order valence-corrected chi connectivity index (χ1v) is 12.6. The van der Waals surface area contributed by atoms with Crippen molar-refractivity contribution in [2.75, 3.05) is 6.61 Å². The quantitative estimate of drug-likeness (QED) is 0.470. The zero-order chi connectivity index (χ0) is 23.3. The Morgan fingerprint density at radius 3 is 2.47 bits per heavy atom. The molecule has 9 atom stereocenters. The second-order valence-corrected chi connectivity index (χ2v) is 12.7. The highest BCUT2D eigenvalue weighted by atomic mass is 16.6. The molecule has 3 saturated carbocycles. The van der Waals surface area contributed by atoms with Gasteiger partial charge in [-0.3, -0.25) is 9.59 Å². The summed E-state index contributed by atoms with van der Waals surface area (Å²) in [6.07, 6.45) is 6.65. The van der Waals surface area contributed by atoms with Gasteiger partial charge in [0, 0.05) is 30.1 Å². The molecule has 1 N–H and O–H groups in total. The summed E-state index contributed by atoms with van der Waals surface area (Å²) in [6, 6.07) is 0. The zero-order valence-corrected chi connectivity index (χ0v) is 20.6. The number of carbonyl (C=O) groups excluding carboxylic acids is 2. The lowest BCUT2D eigenvalue weighted by Crippen LogP contribution is -2.68. The topological polar surface area (TPSA) is 72.8 Å². The summed E-state index contributed by atoms with van der Waals surface area (Å²) in [5.41, 5.74) is 0.609. The predicted molar refractivity (Wildman–Crippen MR) is 120 cm³/mol. The van der Waals surface area contributed by atoms with Crippen molar-refractivity contribution in [3.8, 4) is 0 Å². The minimum Gasteiger partial charge on any atom is -0.462 e. The van der Waals surface area contributed by atoms with Crippen molar-refractivity contribution < 1.29 is 24.2 Å². The SMILES string of the molecule is CC(=O)O[C@H]1CC2[C@@]3(C)CCC(=O)C(C)(C)C3CC[C@@]2(C)C2CC=C3COC(O)C3[C@]21C. The van der Waals surface area contributed by atoms with E-state index in [1.54, 1.807) is 0 Å². The van der Waals surface area contributed by atoms with Crippen molar-refractivity contribution >= 4 is 11.8 Å². The smallest absolute Gasteiger partial charge is 0.302 e. The van der Waals surface area contributed by atoms with Gasteiger partial charge in [0.2, 0.25) is 0 Å². The average molecular weight is 445 g/mol. The molecule has 0 amide bonds. The third-order valence-electron chi connectivity index (χ3n) is 11.2. The Labute approximate surface area is 192 Å². The number of aliphatic hydroxyl groups is 1. The molecule has 4 fully saturated rings. The van der Waals surface area contributed by atoms with Gasteiger partial charge in [0.25, 0.3) is 0 Å². The van der Waals surface area contributed by atoms with Crippen molar-refractivity contribution in [1.82, 2.24) is 0 Å². The maximum Gasteiger partial charge on any atom is 0.302 e. The molecular formula is C27H40O5. The van der Waals surface area contributed by atoms with E-state index in [4.69, 9.17) is 9.47 Å². The summed E-state index contributed by atoms with van der Waals surface area (Å²) in [6.45, 7) is 13.4. The van der Waals surface area contributed by atoms with Gasteiger partial charge in [0.05, 0.1) is 6.61 Å². The van der Waals surface area contributed by atoms with E-state index >= 15 is 0 Å². The molecule has 1 saturated heterocycles. The molecule has 1 heterocycles. The lowest BCUT2D eigenvalue weighted by molar-refractivity contribution is -0.250. The number of rotatable bonds is 1. The fourth-order valence-electron chi connectivity index (χ4n) is 9.77. The van der Waals surface area contributed by atoms with Crippen molar-refractivity contribution in [3.63, 3.8) is 0 Å². The number of Topliss-reactive ketones (excluding diaryl/α,β-unsaturated/α-hetero) is 1. The van der Waals surface area contributed by atoms with Crippen LogP contribution in [-0.4, -0.2) is 35.9 Å². The molecule has 4 aliphatic carbocycles. The van der Waals surface area contributed by atoms with E-state index in [0.29, 0.717) is 36.6 Å². The van der Waals surface area contributed by atoms with Crippen molar-refractivity contribution in [2.24, 2.45) is 45.3 Å². The van der Waals surface area contributed by atoms with Crippen LogP contribution in [-0.2, 0) is 19.1 Å². The highest BCUT2D eigenvalue weighted by Gasteiger charge is 2.70. The fourth-order valence-corrected chi connectivity index (χ4v) is 9.77. The number of ether oxygens (including phenoxy) is 2. The lowest BCUT2D eigenvalue weighted by atomic mass is 9.34. The van der Waals surface area contributed by atoms with Crippen molar-refractivity contribution in [3.05, 3.63) is 11.6 Å². The Morgan fingerprint density at radius 1 is 1.09 bits per heavy atom. The van der Waals surface area contributed by atoms with Gasteiger partial charge in [-0.15, -0.1) is 0 Å². The van der Waals surface area contributed by atoms with E-state index in [-0.39, 0.29) is 39.7 Å². The molecule has 1 aliphatic heterocycles. The van der Waals surface area contributed by atoms with Gasteiger partial charge in [0.1, 0.15) is 11.9 Å². The van der Waals surface area contributed by atoms with Crippen LogP contribution < -0.4 is 0 Å². The van der Waals surface area contributed by atoms with Crippen LogP contribution in [0.5, 0.6) is 0 Å². The number of fused-ring (bicyclic) bond motifs is 7. The summed E-state index contributed by atoms with van der Waals surface area (Å²) in [5.74, 6) is 1.04. The van der Waals surface area contributed by atoms with Gasteiger partial charge in [0.15, 0.2) is 6.29 Å². The minimum absolute atomic E-state index is 0.0406. The minimum atomic E-state index is -0.842. The third kappa shape index (κ3) is 2.70. The van der Waals surface area contributed by atoms with Crippen LogP contribution in [0.3, 0.4) is 0 Å². The predicted octanol–water partition coefficient (Wildman–Crippen LogP) is 4.67. The lowest BCUT2D eigenvalue weighted by Gasteiger charge is -2.70. The molecule has 5 heteroatoms. The summed E-state index contributed by atoms with van der Waals surface area (Å²) >= 11 is 0. The Kier molecular flexibility index (Phi) is 4.88. The zero-order valence-electron chi connectivity index (χ0n) is 20.6. The number of esters is 1. The Hall–Kier alpha value is -1.20. The van der Waals surface area contributed by atoms with Crippen LogP contribution in [0.1, 0.15) is 80.1 Å². The molecule has 5 unspecified atom stereocenters. The maximum atomic E-state index is 12.9. The Morgan fingerprint density at radius 2 is 1.78 bits per heavy atom. The normalized spacial score (nSPS) is 51.6. The molecule has 178 valence electrons. The fraction of sp³-hybridized carbons (Fsp3) is 0.852. The second-order valence-electron chi connectivity index (χ2n) is 12.7. The second kappa shape index (κ2) is 6.91.